The first-order chi connectivity index (χ1) is 12.5. The molecule has 0 unspecified atom stereocenters. The number of nitrogens with zero attached hydrogens (tertiary/aromatic N) is 6. The summed E-state index contributed by atoms with van der Waals surface area (Å²) >= 11 is 0. The quantitative estimate of drug-likeness (QED) is 0.643. The van der Waals surface area contributed by atoms with Crippen molar-refractivity contribution in [2.75, 3.05) is 37.4 Å². The fourth-order valence-corrected chi connectivity index (χ4v) is 3.17. The maximum atomic E-state index is 11.8. The fraction of sp³-hybridized carbons (Fsp3) is 0.471. The minimum atomic E-state index is -0.429. The standard InChI is InChI=1S/C17H23N7O2/c1-12-5-4-8-18-15(12)21-16-14(24(25)26)17(20-11-19-16)23(3)13-6-9-22(2)10-7-13/h4-5,8,11,13H,6-7,9-10H2,1-3H3,(H,18,19,20,21). The van der Waals surface area contributed by atoms with Crippen molar-refractivity contribution in [1.82, 2.24) is 19.9 Å². The van der Waals surface area contributed by atoms with Crippen molar-refractivity contribution in [3.05, 3.63) is 40.3 Å². The lowest BCUT2D eigenvalue weighted by Gasteiger charge is -2.35. The van der Waals surface area contributed by atoms with Gasteiger partial charge in [0.15, 0.2) is 0 Å². The molecule has 26 heavy (non-hydrogen) atoms. The summed E-state index contributed by atoms with van der Waals surface area (Å²) < 4.78 is 0. The molecule has 0 bridgehead atoms. The molecule has 9 heteroatoms. The highest BCUT2D eigenvalue weighted by Crippen LogP contribution is 2.35. The van der Waals surface area contributed by atoms with E-state index < -0.39 is 4.92 Å². The molecule has 0 aliphatic carbocycles. The smallest absolute Gasteiger partial charge is 0.351 e. The van der Waals surface area contributed by atoms with Crippen molar-refractivity contribution in [2.24, 2.45) is 0 Å². The highest BCUT2D eigenvalue weighted by molar-refractivity contribution is 5.74. The molecule has 3 heterocycles. The fourth-order valence-electron chi connectivity index (χ4n) is 3.17. The van der Waals surface area contributed by atoms with Gasteiger partial charge in [-0.3, -0.25) is 10.1 Å². The van der Waals surface area contributed by atoms with Gasteiger partial charge in [-0.15, -0.1) is 0 Å². The number of hydrogen-bond donors (Lipinski definition) is 1. The molecule has 1 aliphatic heterocycles. The minimum Gasteiger partial charge on any atom is -0.351 e. The summed E-state index contributed by atoms with van der Waals surface area (Å²) in [5.74, 6) is 1.03. The molecule has 3 rings (SSSR count). The normalized spacial score (nSPS) is 15.7. The van der Waals surface area contributed by atoms with Crippen LogP contribution in [0.1, 0.15) is 18.4 Å². The van der Waals surface area contributed by atoms with Gasteiger partial charge in [0.2, 0.25) is 11.6 Å². The third-order valence-corrected chi connectivity index (χ3v) is 4.80. The summed E-state index contributed by atoms with van der Waals surface area (Å²) in [7, 11) is 3.95. The summed E-state index contributed by atoms with van der Waals surface area (Å²) in [6, 6.07) is 3.91. The van der Waals surface area contributed by atoms with Crippen LogP contribution in [0.3, 0.4) is 0 Å². The zero-order chi connectivity index (χ0) is 18.7. The lowest BCUT2D eigenvalue weighted by molar-refractivity contribution is -0.383. The summed E-state index contributed by atoms with van der Waals surface area (Å²) in [4.78, 5) is 28.1. The van der Waals surface area contributed by atoms with E-state index in [1.54, 1.807) is 6.20 Å². The molecular formula is C17H23N7O2. The van der Waals surface area contributed by atoms with Gasteiger partial charge in [0, 0.05) is 19.3 Å². The number of rotatable bonds is 5. The van der Waals surface area contributed by atoms with Crippen LogP contribution in [-0.4, -0.2) is 58.0 Å². The Morgan fingerprint density at radius 2 is 2.00 bits per heavy atom. The maximum Gasteiger partial charge on any atom is 0.353 e. The number of pyridine rings is 1. The Morgan fingerprint density at radius 3 is 2.65 bits per heavy atom. The van der Waals surface area contributed by atoms with Gasteiger partial charge in [-0.05, 0) is 51.5 Å². The second-order valence-corrected chi connectivity index (χ2v) is 6.59. The summed E-state index contributed by atoms with van der Waals surface area (Å²) in [5, 5.41) is 14.8. The molecule has 0 spiro atoms. The van der Waals surface area contributed by atoms with E-state index in [9.17, 15) is 10.1 Å². The lowest BCUT2D eigenvalue weighted by Crippen LogP contribution is -2.42. The molecule has 2 aromatic rings. The van der Waals surface area contributed by atoms with E-state index in [1.165, 1.54) is 6.33 Å². The number of nitro groups is 1. The molecule has 1 saturated heterocycles. The van der Waals surface area contributed by atoms with Gasteiger partial charge < -0.3 is 15.1 Å². The van der Waals surface area contributed by atoms with Crippen molar-refractivity contribution in [1.29, 1.82) is 0 Å². The Balaban J connectivity index is 1.93. The van der Waals surface area contributed by atoms with Crippen LogP contribution < -0.4 is 10.2 Å². The summed E-state index contributed by atoms with van der Waals surface area (Å²) in [6.07, 6.45) is 4.87. The molecule has 9 nitrogen and oxygen atoms in total. The lowest BCUT2D eigenvalue weighted by atomic mass is 10.0. The van der Waals surface area contributed by atoms with E-state index in [0.717, 1.165) is 31.5 Å². The van der Waals surface area contributed by atoms with E-state index in [4.69, 9.17) is 0 Å². The molecule has 0 aromatic carbocycles. The molecule has 1 aliphatic rings. The first-order valence-corrected chi connectivity index (χ1v) is 8.56. The van der Waals surface area contributed by atoms with Crippen LogP contribution in [0.15, 0.2) is 24.7 Å². The number of likely N-dealkylation sites (tertiary alicyclic amines) is 1. The zero-order valence-corrected chi connectivity index (χ0v) is 15.2. The number of anilines is 3. The van der Waals surface area contributed by atoms with Crippen LogP contribution in [-0.2, 0) is 0 Å². The largest absolute Gasteiger partial charge is 0.353 e. The Bertz CT molecular complexity index is 790. The first-order valence-electron chi connectivity index (χ1n) is 8.56. The third kappa shape index (κ3) is 3.72. The van der Waals surface area contributed by atoms with Crippen molar-refractivity contribution < 1.29 is 4.92 Å². The van der Waals surface area contributed by atoms with Crippen molar-refractivity contribution in [3.8, 4) is 0 Å². The van der Waals surface area contributed by atoms with Crippen molar-refractivity contribution >= 4 is 23.1 Å². The highest BCUT2D eigenvalue weighted by Gasteiger charge is 2.30. The van der Waals surface area contributed by atoms with E-state index in [0.29, 0.717) is 11.6 Å². The molecular weight excluding hydrogens is 334 g/mol. The number of hydrogen-bond acceptors (Lipinski definition) is 8. The zero-order valence-electron chi connectivity index (χ0n) is 15.2. The maximum absolute atomic E-state index is 11.8. The minimum absolute atomic E-state index is 0.126. The Hall–Kier alpha value is -2.81. The van der Waals surface area contributed by atoms with Gasteiger partial charge in [-0.25, -0.2) is 15.0 Å². The monoisotopic (exact) mass is 357 g/mol. The average molecular weight is 357 g/mol. The van der Waals surface area contributed by atoms with Gasteiger partial charge in [-0.2, -0.15) is 0 Å². The van der Waals surface area contributed by atoms with Crippen LogP contribution in [0.4, 0.5) is 23.1 Å². The van der Waals surface area contributed by atoms with Crippen LogP contribution in [0.25, 0.3) is 0 Å². The summed E-state index contributed by atoms with van der Waals surface area (Å²) in [5.41, 5.74) is 0.754. The van der Waals surface area contributed by atoms with E-state index in [1.807, 2.05) is 31.0 Å². The average Bonchev–Trinajstić information content (AvgIpc) is 2.63. The molecule has 2 aromatic heterocycles. The molecule has 0 atom stereocenters. The first kappa shape index (κ1) is 18.0. The molecule has 1 fully saturated rings. The van der Waals surface area contributed by atoms with E-state index in [-0.39, 0.29) is 17.5 Å². The van der Waals surface area contributed by atoms with Gasteiger partial charge in [0.05, 0.1) is 4.92 Å². The van der Waals surface area contributed by atoms with Crippen LogP contribution in [0, 0.1) is 17.0 Å². The van der Waals surface area contributed by atoms with Gasteiger partial charge in [-0.1, -0.05) is 6.07 Å². The van der Waals surface area contributed by atoms with Crippen molar-refractivity contribution in [3.63, 3.8) is 0 Å². The number of aromatic nitrogens is 3. The second-order valence-electron chi connectivity index (χ2n) is 6.59. The molecule has 0 radical (unpaired) electrons. The molecule has 1 N–H and O–H groups in total. The number of aryl methyl sites for hydroxylation is 1. The SMILES string of the molecule is Cc1cccnc1Nc1ncnc(N(C)C2CCN(C)CC2)c1[N+](=O)[O-]. The van der Waals surface area contributed by atoms with Gasteiger partial charge in [0.1, 0.15) is 12.1 Å². The van der Waals surface area contributed by atoms with Gasteiger partial charge in [0.25, 0.3) is 0 Å². The van der Waals surface area contributed by atoms with E-state index in [2.05, 4.69) is 32.2 Å². The Labute approximate surface area is 152 Å². The van der Waals surface area contributed by atoms with E-state index >= 15 is 0 Å². The summed E-state index contributed by atoms with van der Waals surface area (Å²) in [6.45, 7) is 3.81. The predicted octanol–water partition coefficient (Wildman–Crippen LogP) is 2.36. The van der Waals surface area contributed by atoms with Crippen molar-refractivity contribution in [2.45, 2.75) is 25.8 Å². The number of nitrogens with one attached hydrogen (secondary N) is 1. The van der Waals surface area contributed by atoms with Crippen LogP contribution in [0.5, 0.6) is 0 Å². The molecule has 0 amide bonds. The Morgan fingerprint density at radius 1 is 1.27 bits per heavy atom. The third-order valence-electron chi connectivity index (χ3n) is 4.80. The van der Waals surface area contributed by atoms with Crippen LogP contribution in [0.2, 0.25) is 0 Å². The highest BCUT2D eigenvalue weighted by atomic mass is 16.6. The Kier molecular flexibility index (Phi) is 5.27. The molecule has 0 saturated carbocycles. The number of piperidine rings is 1. The van der Waals surface area contributed by atoms with Crippen LogP contribution >= 0.6 is 0 Å². The van der Waals surface area contributed by atoms with Gasteiger partial charge >= 0.3 is 5.69 Å². The second kappa shape index (κ2) is 7.61. The topological polar surface area (TPSA) is 100 Å². The predicted molar refractivity (Wildman–Crippen MR) is 99.9 cm³/mol. The molecule has 138 valence electrons.